The van der Waals surface area contributed by atoms with Crippen molar-refractivity contribution in [1.82, 2.24) is 10.6 Å². The SMILES string of the molecule is CCCCCCCC/C=C\CCCCCCCC(=O)OC[C@@H](COC(=O)CCC(=O)NCCSSCCNC(=O)C(N)CCCN)OC(=O)CCCCCCC/C=C\CCCCCCCC. The molecule has 0 spiro atoms. The second-order valence-electron chi connectivity index (χ2n) is 17.5. The topological polar surface area (TPSA) is 189 Å². The third-order valence-corrected chi connectivity index (χ3v) is 13.5. The lowest BCUT2D eigenvalue weighted by Crippen LogP contribution is -2.41. The van der Waals surface area contributed by atoms with E-state index in [1.54, 1.807) is 21.6 Å². The molecule has 6 N–H and O–H groups in total. The molecule has 0 aromatic heterocycles. The molecule has 0 saturated carbocycles. The lowest BCUT2D eigenvalue weighted by molar-refractivity contribution is -0.167. The second kappa shape index (κ2) is 50.3. The Bertz CT molecular complexity index is 1240. The van der Waals surface area contributed by atoms with E-state index in [-0.39, 0.29) is 56.7 Å². The van der Waals surface area contributed by atoms with Gasteiger partial charge in [0.15, 0.2) is 6.10 Å². The Balaban J connectivity index is 4.51. The average Bonchev–Trinajstić information content (AvgIpc) is 3.31. The summed E-state index contributed by atoms with van der Waals surface area (Å²) in [6.07, 6.45) is 40.3. The van der Waals surface area contributed by atoms with E-state index in [1.165, 1.54) is 89.9 Å². The van der Waals surface area contributed by atoms with Crippen molar-refractivity contribution in [2.45, 2.75) is 231 Å². The number of nitrogens with two attached hydrogens (primary N) is 2. The number of hydrogen-bond donors (Lipinski definition) is 4. The van der Waals surface area contributed by atoms with Gasteiger partial charge >= 0.3 is 17.9 Å². The van der Waals surface area contributed by atoms with Crippen molar-refractivity contribution >= 4 is 51.3 Å². The Hall–Kier alpha value is -2.55. The number of nitrogens with one attached hydrogen (secondary N) is 2. The van der Waals surface area contributed by atoms with Crippen LogP contribution in [0.3, 0.4) is 0 Å². The highest BCUT2D eigenvalue weighted by molar-refractivity contribution is 8.76. The molecule has 384 valence electrons. The maximum Gasteiger partial charge on any atom is 0.306 e. The minimum absolute atomic E-state index is 0.0437. The number of amides is 2. The summed E-state index contributed by atoms with van der Waals surface area (Å²) in [5.41, 5.74) is 11.3. The standard InChI is InChI=1S/C52H96N4O8S2/c1-3-5-7-9-11-13-15-17-19-21-23-25-27-29-31-35-49(58)62-44-46(64-51(60)36-32-30-28-26-24-22-20-18-16-14-12-10-8-6-4-2)45-63-50(59)38-37-48(57)55-40-42-65-66-43-41-56-52(61)47(54)34-33-39-53/h17-20,46-47H,3-16,21-45,53-54H2,1-2H3,(H,55,57)(H,56,61)/b19-17-,20-18-/t46-,47?/m0/s1. The van der Waals surface area contributed by atoms with Crippen molar-refractivity contribution in [2.75, 3.05) is 44.4 Å². The first-order valence-electron chi connectivity index (χ1n) is 26.3. The first-order valence-corrected chi connectivity index (χ1v) is 28.8. The van der Waals surface area contributed by atoms with Crippen LogP contribution in [0.5, 0.6) is 0 Å². The number of esters is 3. The van der Waals surface area contributed by atoms with Gasteiger partial charge < -0.3 is 36.3 Å². The van der Waals surface area contributed by atoms with Crippen molar-refractivity contribution in [3.05, 3.63) is 24.3 Å². The van der Waals surface area contributed by atoms with Gasteiger partial charge in [-0.3, -0.25) is 24.0 Å². The van der Waals surface area contributed by atoms with Crippen LogP contribution in [0.2, 0.25) is 0 Å². The summed E-state index contributed by atoms with van der Waals surface area (Å²) >= 11 is 0. The van der Waals surface area contributed by atoms with E-state index < -0.39 is 24.1 Å². The molecule has 0 aromatic rings. The largest absolute Gasteiger partial charge is 0.462 e. The van der Waals surface area contributed by atoms with Gasteiger partial charge in [-0.2, -0.15) is 0 Å². The molecular formula is C52H96N4O8S2. The van der Waals surface area contributed by atoms with E-state index in [4.69, 9.17) is 25.7 Å². The summed E-state index contributed by atoms with van der Waals surface area (Å²) in [7, 11) is 3.16. The van der Waals surface area contributed by atoms with Gasteiger partial charge in [-0.05, 0) is 83.6 Å². The molecule has 0 radical (unpaired) electrons. The van der Waals surface area contributed by atoms with Crippen LogP contribution in [0.1, 0.15) is 219 Å². The Morgan fingerprint density at radius 3 is 1.38 bits per heavy atom. The Morgan fingerprint density at radius 1 is 0.500 bits per heavy atom. The van der Waals surface area contributed by atoms with Gasteiger partial charge in [-0.15, -0.1) is 0 Å². The molecule has 0 aliphatic heterocycles. The minimum Gasteiger partial charge on any atom is -0.462 e. The number of hydrogen-bond acceptors (Lipinski definition) is 12. The van der Waals surface area contributed by atoms with Gasteiger partial charge in [0.1, 0.15) is 13.2 Å². The Morgan fingerprint density at radius 2 is 0.909 bits per heavy atom. The zero-order valence-corrected chi connectivity index (χ0v) is 43.4. The Labute approximate surface area is 410 Å². The highest BCUT2D eigenvalue weighted by atomic mass is 33.1. The van der Waals surface area contributed by atoms with Crippen molar-refractivity contribution in [1.29, 1.82) is 0 Å². The van der Waals surface area contributed by atoms with Crippen LogP contribution in [0.25, 0.3) is 0 Å². The van der Waals surface area contributed by atoms with E-state index in [0.29, 0.717) is 50.4 Å². The van der Waals surface area contributed by atoms with Crippen molar-refractivity contribution in [3.8, 4) is 0 Å². The van der Waals surface area contributed by atoms with Gasteiger partial charge in [-0.1, -0.05) is 162 Å². The number of rotatable bonds is 49. The predicted molar refractivity (Wildman–Crippen MR) is 277 cm³/mol. The third-order valence-electron chi connectivity index (χ3n) is 11.1. The monoisotopic (exact) mass is 969 g/mol. The van der Waals surface area contributed by atoms with Gasteiger partial charge in [-0.25, -0.2) is 0 Å². The fraction of sp³-hybridized carbons (Fsp3) is 0.827. The fourth-order valence-corrected chi connectivity index (χ4v) is 8.84. The van der Waals surface area contributed by atoms with Gasteiger partial charge in [0.25, 0.3) is 0 Å². The van der Waals surface area contributed by atoms with Crippen LogP contribution in [0.4, 0.5) is 0 Å². The minimum atomic E-state index is -0.924. The smallest absolute Gasteiger partial charge is 0.306 e. The molecule has 12 nitrogen and oxygen atoms in total. The molecule has 0 rings (SSSR count). The van der Waals surface area contributed by atoms with Crippen LogP contribution >= 0.6 is 21.6 Å². The summed E-state index contributed by atoms with van der Waals surface area (Å²) in [5, 5.41) is 5.61. The maximum absolute atomic E-state index is 12.8. The van der Waals surface area contributed by atoms with Crippen molar-refractivity contribution in [3.63, 3.8) is 0 Å². The van der Waals surface area contributed by atoms with Crippen LogP contribution in [0.15, 0.2) is 24.3 Å². The molecule has 2 atom stereocenters. The summed E-state index contributed by atoms with van der Waals surface area (Å²) in [6, 6.07) is -0.545. The van der Waals surface area contributed by atoms with Crippen LogP contribution in [-0.2, 0) is 38.2 Å². The number of unbranched alkanes of at least 4 members (excludes halogenated alkanes) is 22. The predicted octanol–water partition coefficient (Wildman–Crippen LogP) is 11.5. The first-order chi connectivity index (χ1) is 32.2. The van der Waals surface area contributed by atoms with Crippen molar-refractivity contribution < 1.29 is 38.2 Å². The molecule has 0 bridgehead atoms. The van der Waals surface area contributed by atoms with E-state index in [0.717, 1.165) is 70.6 Å². The maximum atomic E-state index is 12.8. The first kappa shape index (κ1) is 63.5. The van der Waals surface area contributed by atoms with Crippen LogP contribution in [-0.4, -0.2) is 86.2 Å². The third kappa shape index (κ3) is 46.6. The lowest BCUT2D eigenvalue weighted by Gasteiger charge is -2.18. The quantitative estimate of drug-likeness (QED) is 0.0149. The molecule has 66 heavy (non-hydrogen) atoms. The second-order valence-corrected chi connectivity index (χ2v) is 20.2. The molecule has 2 amide bonds. The number of carbonyl (C=O) groups excluding carboxylic acids is 5. The summed E-state index contributed by atoms with van der Waals surface area (Å²) in [6.45, 7) is 5.48. The molecular weight excluding hydrogens is 873 g/mol. The lowest BCUT2D eigenvalue weighted by atomic mass is 10.1. The van der Waals surface area contributed by atoms with E-state index >= 15 is 0 Å². The molecule has 0 fully saturated rings. The molecule has 0 saturated heterocycles. The normalized spacial score (nSPS) is 12.4. The van der Waals surface area contributed by atoms with E-state index in [9.17, 15) is 24.0 Å². The number of allylic oxidation sites excluding steroid dienone is 4. The molecule has 0 aliphatic rings. The molecule has 0 aliphatic carbocycles. The van der Waals surface area contributed by atoms with Crippen LogP contribution in [0, 0.1) is 0 Å². The van der Waals surface area contributed by atoms with Crippen molar-refractivity contribution in [2.24, 2.45) is 11.5 Å². The van der Waals surface area contributed by atoms with Gasteiger partial charge in [0.2, 0.25) is 11.8 Å². The highest BCUT2D eigenvalue weighted by Gasteiger charge is 2.20. The number of carbonyl (C=O) groups is 5. The Kier molecular flexibility index (Phi) is 48.4. The van der Waals surface area contributed by atoms with E-state index in [2.05, 4.69) is 48.8 Å². The molecule has 14 heteroatoms. The van der Waals surface area contributed by atoms with Crippen LogP contribution < -0.4 is 22.1 Å². The highest BCUT2D eigenvalue weighted by Crippen LogP contribution is 2.19. The van der Waals surface area contributed by atoms with Gasteiger partial charge in [0.05, 0.1) is 12.5 Å². The molecule has 0 heterocycles. The molecule has 1 unspecified atom stereocenters. The van der Waals surface area contributed by atoms with Gasteiger partial charge in [0, 0.05) is 43.9 Å². The summed E-state index contributed by atoms with van der Waals surface area (Å²) < 4.78 is 16.5. The zero-order valence-electron chi connectivity index (χ0n) is 41.8. The average molecular weight is 969 g/mol. The fourth-order valence-electron chi connectivity index (χ4n) is 7.03. The zero-order chi connectivity index (χ0) is 48.4. The summed E-state index contributed by atoms with van der Waals surface area (Å²) in [5.74, 6) is -0.471. The van der Waals surface area contributed by atoms with E-state index in [1.807, 2.05) is 0 Å². The summed E-state index contributed by atoms with van der Waals surface area (Å²) in [4.78, 5) is 62.3. The number of ether oxygens (including phenoxy) is 3. The molecule has 0 aromatic carbocycles.